The monoisotopic (exact) mass is 126 g/mol. The quantitative estimate of drug-likeness (QED) is 0.564. The highest BCUT2D eigenvalue weighted by Gasteiger charge is 2.14. The van der Waals surface area contributed by atoms with Gasteiger partial charge in [0.2, 0.25) is 0 Å². The third kappa shape index (κ3) is 2.08. The van der Waals surface area contributed by atoms with E-state index in [4.69, 9.17) is 5.11 Å². The van der Waals surface area contributed by atoms with E-state index in [1.54, 1.807) is 0 Å². The topological polar surface area (TPSA) is 20.2 Å². The van der Waals surface area contributed by atoms with Crippen LogP contribution in [0.15, 0.2) is 12.3 Å². The first kappa shape index (κ1) is 6.66. The third-order valence-electron chi connectivity index (χ3n) is 2.00. The van der Waals surface area contributed by atoms with Crippen LogP contribution in [0.1, 0.15) is 32.1 Å². The van der Waals surface area contributed by atoms with Crippen molar-refractivity contribution in [2.24, 2.45) is 5.92 Å². The summed E-state index contributed by atoms with van der Waals surface area (Å²) >= 11 is 0. The van der Waals surface area contributed by atoms with Crippen molar-refractivity contribution in [1.29, 1.82) is 0 Å². The van der Waals surface area contributed by atoms with Gasteiger partial charge in [-0.05, 0) is 5.92 Å². The molecule has 1 fully saturated rings. The highest BCUT2D eigenvalue weighted by molar-refractivity contribution is 4.84. The second-order valence-electron chi connectivity index (χ2n) is 2.92. The van der Waals surface area contributed by atoms with Crippen LogP contribution >= 0.6 is 0 Å². The van der Waals surface area contributed by atoms with Gasteiger partial charge in [0.25, 0.3) is 0 Å². The molecule has 0 bridgehead atoms. The Morgan fingerprint density at radius 1 is 1.44 bits per heavy atom. The Morgan fingerprint density at radius 2 is 2.00 bits per heavy atom. The van der Waals surface area contributed by atoms with E-state index in [1.165, 1.54) is 25.7 Å². The van der Waals surface area contributed by atoms with Crippen molar-refractivity contribution in [2.75, 3.05) is 0 Å². The van der Waals surface area contributed by atoms with E-state index >= 15 is 0 Å². The van der Waals surface area contributed by atoms with Gasteiger partial charge in [-0.25, -0.2) is 0 Å². The van der Waals surface area contributed by atoms with Gasteiger partial charge in [-0.15, -0.1) is 0 Å². The molecule has 1 rings (SSSR count). The first-order chi connectivity index (χ1) is 4.29. The molecule has 0 spiro atoms. The molecule has 0 saturated heterocycles. The third-order valence-corrected chi connectivity index (χ3v) is 2.00. The first-order valence-electron chi connectivity index (χ1n) is 3.66. The Bertz CT molecular complexity index is 101. The second kappa shape index (κ2) is 2.90. The Morgan fingerprint density at radius 3 is 2.44 bits per heavy atom. The van der Waals surface area contributed by atoms with Crippen LogP contribution < -0.4 is 0 Å². The van der Waals surface area contributed by atoms with Crippen molar-refractivity contribution in [1.82, 2.24) is 0 Å². The van der Waals surface area contributed by atoms with E-state index in [1.807, 2.05) is 0 Å². The molecule has 1 N–H and O–H groups in total. The zero-order valence-corrected chi connectivity index (χ0v) is 5.77. The van der Waals surface area contributed by atoms with Gasteiger partial charge in [0.15, 0.2) is 0 Å². The summed E-state index contributed by atoms with van der Waals surface area (Å²) in [5.41, 5.74) is 0. The SMILES string of the molecule is C=C(O)CC1CCCC1. The lowest BCUT2D eigenvalue weighted by molar-refractivity contribution is 0.354. The van der Waals surface area contributed by atoms with Crippen LogP contribution in [0.4, 0.5) is 0 Å². The average Bonchev–Trinajstić information content (AvgIpc) is 2.15. The number of aliphatic hydroxyl groups is 1. The summed E-state index contributed by atoms with van der Waals surface area (Å²) in [5, 5.41) is 8.82. The van der Waals surface area contributed by atoms with E-state index in [0.717, 1.165) is 12.3 Å². The Labute approximate surface area is 56.4 Å². The van der Waals surface area contributed by atoms with Gasteiger partial charge in [-0.3, -0.25) is 0 Å². The van der Waals surface area contributed by atoms with Crippen LogP contribution in [0.5, 0.6) is 0 Å². The summed E-state index contributed by atoms with van der Waals surface area (Å²) in [6.45, 7) is 3.47. The lowest BCUT2D eigenvalue weighted by Crippen LogP contribution is -1.93. The minimum Gasteiger partial charge on any atom is -0.513 e. The lowest BCUT2D eigenvalue weighted by atomic mass is 10.0. The first-order valence-corrected chi connectivity index (χ1v) is 3.66. The number of aliphatic hydroxyl groups excluding tert-OH is 1. The molecule has 1 aliphatic carbocycles. The Balaban J connectivity index is 2.19. The van der Waals surface area contributed by atoms with E-state index in [2.05, 4.69) is 6.58 Å². The predicted molar refractivity (Wildman–Crippen MR) is 38.3 cm³/mol. The fourth-order valence-electron chi connectivity index (χ4n) is 1.55. The molecule has 0 aromatic carbocycles. The van der Waals surface area contributed by atoms with Crippen molar-refractivity contribution >= 4 is 0 Å². The summed E-state index contributed by atoms with van der Waals surface area (Å²) in [6.07, 6.45) is 6.11. The number of allylic oxidation sites excluding steroid dienone is 1. The molecular weight excluding hydrogens is 112 g/mol. The maximum absolute atomic E-state index is 8.82. The van der Waals surface area contributed by atoms with Crippen molar-refractivity contribution in [2.45, 2.75) is 32.1 Å². The minimum atomic E-state index is 0.363. The molecule has 1 saturated carbocycles. The largest absolute Gasteiger partial charge is 0.513 e. The molecule has 0 aromatic heterocycles. The number of rotatable bonds is 2. The normalized spacial score (nSPS) is 20.4. The van der Waals surface area contributed by atoms with Crippen LogP contribution in [-0.4, -0.2) is 5.11 Å². The summed E-state index contributed by atoms with van der Waals surface area (Å²) in [6, 6.07) is 0. The van der Waals surface area contributed by atoms with Crippen molar-refractivity contribution < 1.29 is 5.11 Å². The van der Waals surface area contributed by atoms with Gasteiger partial charge in [-0.1, -0.05) is 32.3 Å². The van der Waals surface area contributed by atoms with E-state index in [0.29, 0.717) is 5.76 Å². The fraction of sp³-hybridized carbons (Fsp3) is 0.750. The molecule has 0 unspecified atom stereocenters. The summed E-state index contributed by atoms with van der Waals surface area (Å²) in [7, 11) is 0. The molecule has 0 atom stereocenters. The van der Waals surface area contributed by atoms with Crippen LogP contribution in [0.2, 0.25) is 0 Å². The predicted octanol–water partition coefficient (Wildman–Crippen LogP) is 2.64. The fourth-order valence-corrected chi connectivity index (χ4v) is 1.55. The van der Waals surface area contributed by atoms with Gasteiger partial charge in [0, 0.05) is 6.42 Å². The lowest BCUT2D eigenvalue weighted by Gasteiger charge is -2.04. The highest BCUT2D eigenvalue weighted by Crippen LogP contribution is 2.28. The molecule has 0 heterocycles. The molecule has 1 nitrogen and oxygen atoms in total. The number of hydrogen-bond donors (Lipinski definition) is 1. The molecular formula is C8H14O. The molecule has 0 aliphatic heterocycles. The van der Waals surface area contributed by atoms with Crippen molar-refractivity contribution in [3.8, 4) is 0 Å². The van der Waals surface area contributed by atoms with E-state index < -0.39 is 0 Å². The second-order valence-corrected chi connectivity index (χ2v) is 2.92. The molecule has 1 heteroatoms. The maximum atomic E-state index is 8.82. The molecule has 0 radical (unpaired) electrons. The van der Waals surface area contributed by atoms with E-state index in [9.17, 15) is 0 Å². The number of hydrogen-bond acceptors (Lipinski definition) is 1. The Kier molecular flexibility index (Phi) is 2.15. The standard InChI is InChI=1S/C8H14O/c1-7(9)6-8-4-2-3-5-8/h8-9H,1-6H2. The van der Waals surface area contributed by atoms with Crippen LogP contribution in [0.25, 0.3) is 0 Å². The summed E-state index contributed by atoms with van der Waals surface area (Å²) < 4.78 is 0. The van der Waals surface area contributed by atoms with Gasteiger partial charge in [0.05, 0.1) is 5.76 Å². The van der Waals surface area contributed by atoms with Gasteiger partial charge in [0.1, 0.15) is 0 Å². The summed E-state index contributed by atoms with van der Waals surface area (Å²) in [5.74, 6) is 1.10. The van der Waals surface area contributed by atoms with Crippen LogP contribution in [0, 0.1) is 5.92 Å². The molecule has 0 aromatic rings. The minimum absolute atomic E-state index is 0.363. The van der Waals surface area contributed by atoms with Gasteiger partial charge >= 0.3 is 0 Å². The molecule has 0 amide bonds. The van der Waals surface area contributed by atoms with Crippen molar-refractivity contribution in [3.63, 3.8) is 0 Å². The zero-order valence-electron chi connectivity index (χ0n) is 5.77. The average molecular weight is 126 g/mol. The van der Waals surface area contributed by atoms with Gasteiger partial charge < -0.3 is 5.11 Å². The smallest absolute Gasteiger partial charge is 0.0853 e. The Hall–Kier alpha value is -0.460. The molecule has 1 aliphatic rings. The van der Waals surface area contributed by atoms with Gasteiger partial charge in [-0.2, -0.15) is 0 Å². The van der Waals surface area contributed by atoms with E-state index in [-0.39, 0.29) is 0 Å². The zero-order chi connectivity index (χ0) is 6.69. The van der Waals surface area contributed by atoms with Crippen molar-refractivity contribution in [3.05, 3.63) is 12.3 Å². The summed E-state index contributed by atoms with van der Waals surface area (Å²) in [4.78, 5) is 0. The maximum Gasteiger partial charge on any atom is 0.0853 e. The van der Waals surface area contributed by atoms with Crippen LogP contribution in [-0.2, 0) is 0 Å². The molecule has 52 valence electrons. The highest BCUT2D eigenvalue weighted by atomic mass is 16.3. The van der Waals surface area contributed by atoms with Crippen LogP contribution in [0.3, 0.4) is 0 Å². The molecule has 9 heavy (non-hydrogen) atoms.